The molecule has 140 valence electrons. The van der Waals surface area contributed by atoms with Crippen LogP contribution in [0, 0.1) is 0 Å². The molecule has 0 atom stereocenters. The molecule has 0 unspecified atom stereocenters. The van der Waals surface area contributed by atoms with E-state index in [2.05, 4.69) is 10.2 Å². The lowest BCUT2D eigenvalue weighted by Crippen LogP contribution is -2.34. The number of allylic oxidation sites excluding steroid dienone is 3. The van der Waals surface area contributed by atoms with E-state index in [1.54, 1.807) is 19.2 Å². The third-order valence-corrected chi connectivity index (χ3v) is 3.79. The maximum Gasteiger partial charge on any atom is 0.417 e. The summed E-state index contributed by atoms with van der Waals surface area (Å²) >= 11 is 0. The number of nitrogens with one attached hydrogen (secondary N) is 1. The van der Waals surface area contributed by atoms with Gasteiger partial charge in [-0.1, -0.05) is 32.0 Å². The van der Waals surface area contributed by atoms with Gasteiger partial charge >= 0.3 is 6.18 Å². The second kappa shape index (κ2) is 10.1. The van der Waals surface area contributed by atoms with Crippen molar-refractivity contribution in [2.24, 2.45) is 0 Å². The summed E-state index contributed by atoms with van der Waals surface area (Å²) in [4.78, 5) is 2.16. The smallest absolute Gasteiger partial charge is 0.388 e. The maximum atomic E-state index is 13.1. The van der Waals surface area contributed by atoms with Gasteiger partial charge in [0.1, 0.15) is 0 Å². The van der Waals surface area contributed by atoms with Crippen LogP contribution in [0.4, 0.5) is 13.2 Å². The van der Waals surface area contributed by atoms with Crippen LogP contribution in [0.25, 0.3) is 5.70 Å². The normalized spacial score (nSPS) is 16.2. The van der Waals surface area contributed by atoms with Crippen LogP contribution < -0.4 is 5.32 Å². The van der Waals surface area contributed by atoms with Gasteiger partial charge in [-0.3, -0.25) is 0 Å². The molecule has 1 saturated heterocycles. The summed E-state index contributed by atoms with van der Waals surface area (Å²) in [5.74, 6) is 0. The second-order valence-corrected chi connectivity index (χ2v) is 5.28. The van der Waals surface area contributed by atoms with E-state index >= 15 is 0 Å². The van der Waals surface area contributed by atoms with Crippen LogP contribution in [0.2, 0.25) is 0 Å². The molecule has 0 aromatic heterocycles. The average molecular weight is 356 g/mol. The molecule has 0 bridgehead atoms. The Morgan fingerprint density at radius 3 is 2.28 bits per heavy atom. The van der Waals surface area contributed by atoms with Crippen LogP contribution in [-0.2, 0) is 10.9 Å². The van der Waals surface area contributed by atoms with Gasteiger partial charge in [0.25, 0.3) is 0 Å². The number of morpholine rings is 1. The van der Waals surface area contributed by atoms with E-state index < -0.39 is 11.7 Å². The molecule has 6 heteroatoms. The quantitative estimate of drug-likeness (QED) is 0.803. The van der Waals surface area contributed by atoms with E-state index in [1.165, 1.54) is 12.1 Å². The van der Waals surface area contributed by atoms with Crippen molar-refractivity contribution in [2.45, 2.75) is 26.9 Å². The zero-order chi connectivity index (χ0) is 18.9. The third-order valence-electron chi connectivity index (χ3n) is 3.79. The SMILES string of the molecule is CC.CN/C(=C\C=C(/C)N1CCOCC1)c1ccccc1C(F)(F)F. The Balaban J connectivity index is 0.00000151. The first-order chi connectivity index (χ1) is 11.9. The minimum absolute atomic E-state index is 0.147. The molecule has 1 N–H and O–H groups in total. The highest BCUT2D eigenvalue weighted by molar-refractivity contribution is 5.68. The predicted octanol–water partition coefficient (Wildman–Crippen LogP) is 4.53. The van der Waals surface area contributed by atoms with E-state index in [4.69, 9.17) is 4.74 Å². The first-order valence-electron chi connectivity index (χ1n) is 8.49. The van der Waals surface area contributed by atoms with Gasteiger partial charge in [0, 0.05) is 37.1 Å². The van der Waals surface area contributed by atoms with Crippen molar-refractivity contribution in [3.05, 3.63) is 53.2 Å². The van der Waals surface area contributed by atoms with Gasteiger partial charge in [-0.25, -0.2) is 0 Å². The average Bonchev–Trinajstić information content (AvgIpc) is 2.64. The molecule has 25 heavy (non-hydrogen) atoms. The van der Waals surface area contributed by atoms with E-state index in [0.717, 1.165) is 24.9 Å². The number of nitrogens with zero attached hydrogens (tertiary/aromatic N) is 1. The standard InChI is InChI=1S/C17H21F3N2O.C2H6/c1-13(22-9-11-23-12-10-22)7-8-16(21-2)14-5-3-4-6-15(14)17(18,19)20;1-2/h3-8,21H,9-12H2,1-2H3;1-2H3/b13-7+,16-8-;. The number of hydrogen-bond donors (Lipinski definition) is 1. The van der Waals surface area contributed by atoms with Gasteiger partial charge in [0.15, 0.2) is 0 Å². The van der Waals surface area contributed by atoms with E-state index in [1.807, 2.05) is 26.8 Å². The summed E-state index contributed by atoms with van der Waals surface area (Å²) in [6.07, 6.45) is -0.852. The predicted molar refractivity (Wildman–Crippen MR) is 96.0 cm³/mol. The Bertz CT molecular complexity index is 589. The van der Waals surface area contributed by atoms with Crippen LogP contribution >= 0.6 is 0 Å². The van der Waals surface area contributed by atoms with E-state index in [0.29, 0.717) is 18.9 Å². The molecule has 0 aliphatic carbocycles. The van der Waals surface area contributed by atoms with E-state index in [9.17, 15) is 13.2 Å². The number of benzene rings is 1. The van der Waals surface area contributed by atoms with Crippen molar-refractivity contribution in [3.8, 4) is 0 Å². The molecule has 1 heterocycles. The first kappa shape index (κ1) is 21.1. The highest BCUT2D eigenvalue weighted by atomic mass is 19.4. The molecule has 1 aliphatic heterocycles. The number of ether oxygens (including phenoxy) is 1. The lowest BCUT2D eigenvalue weighted by Gasteiger charge is -2.29. The van der Waals surface area contributed by atoms with E-state index in [-0.39, 0.29) is 5.56 Å². The lowest BCUT2D eigenvalue weighted by atomic mass is 10.0. The third kappa shape index (κ3) is 6.12. The number of alkyl halides is 3. The molecule has 0 spiro atoms. The Morgan fingerprint density at radius 2 is 1.72 bits per heavy atom. The topological polar surface area (TPSA) is 24.5 Å². The summed E-state index contributed by atoms with van der Waals surface area (Å²) in [6, 6.07) is 5.57. The molecule has 1 fully saturated rings. The fourth-order valence-corrected chi connectivity index (χ4v) is 2.50. The van der Waals surface area contributed by atoms with Crippen LogP contribution in [0.15, 0.2) is 42.1 Å². The minimum Gasteiger partial charge on any atom is -0.388 e. The van der Waals surface area contributed by atoms with Crippen LogP contribution in [0.3, 0.4) is 0 Å². The fraction of sp³-hybridized carbons (Fsp3) is 0.474. The molecular formula is C19H27F3N2O. The van der Waals surface area contributed by atoms with Crippen molar-refractivity contribution < 1.29 is 17.9 Å². The summed E-state index contributed by atoms with van der Waals surface area (Å²) in [5.41, 5.74) is 0.947. The Hall–Kier alpha value is -1.95. The highest BCUT2D eigenvalue weighted by Gasteiger charge is 2.33. The zero-order valence-electron chi connectivity index (χ0n) is 15.3. The van der Waals surface area contributed by atoms with Crippen LogP contribution in [0.1, 0.15) is 31.9 Å². The van der Waals surface area contributed by atoms with Crippen LogP contribution in [0.5, 0.6) is 0 Å². The fourth-order valence-electron chi connectivity index (χ4n) is 2.50. The highest BCUT2D eigenvalue weighted by Crippen LogP contribution is 2.34. The van der Waals surface area contributed by atoms with Crippen molar-refractivity contribution in [3.63, 3.8) is 0 Å². The van der Waals surface area contributed by atoms with Crippen molar-refractivity contribution in [1.82, 2.24) is 10.2 Å². The van der Waals surface area contributed by atoms with Gasteiger partial charge in [0.05, 0.1) is 18.8 Å². The monoisotopic (exact) mass is 356 g/mol. The molecule has 0 radical (unpaired) electrons. The molecule has 1 aromatic rings. The van der Waals surface area contributed by atoms with Crippen molar-refractivity contribution in [1.29, 1.82) is 0 Å². The molecule has 1 aromatic carbocycles. The van der Waals surface area contributed by atoms with Gasteiger partial charge in [-0.2, -0.15) is 13.2 Å². The zero-order valence-corrected chi connectivity index (χ0v) is 15.3. The molecule has 0 amide bonds. The van der Waals surface area contributed by atoms with Crippen molar-refractivity contribution >= 4 is 5.70 Å². The van der Waals surface area contributed by atoms with Crippen LogP contribution in [-0.4, -0.2) is 38.3 Å². The van der Waals surface area contributed by atoms with Gasteiger partial charge in [0.2, 0.25) is 0 Å². The first-order valence-corrected chi connectivity index (χ1v) is 8.49. The molecule has 1 aliphatic rings. The molecule has 2 rings (SSSR count). The minimum atomic E-state index is -4.38. The number of rotatable bonds is 4. The Morgan fingerprint density at radius 1 is 1.12 bits per heavy atom. The summed E-state index contributed by atoms with van der Waals surface area (Å²) < 4.78 is 44.7. The largest absolute Gasteiger partial charge is 0.417 e. The summed E-state index contributed by atoms with van der Waals surface area (Å²) in [7, 11) is 1.62. The molecule has 0 saturated carbocycles. The van der Waals surface area contributed by atoms with Gasteiger partial charge in [-0.05, 0) is 25.1 Å². The molecule has 3 nitrogen and oxygen atoms in total. The number of hydrogen-bond acceptors (Lipinski definition) is 3. The van der Waals surface area contributed by atoms with Gasteiger partial charge in [-0.15, -0.1) is 0 Å². The Labute approximate surface area is 148 Å². The summed E-state index contributed by atoms with van der Waals surface area (Å²) in [6.45, 7) is 8.88. The number of halogens is 3. The lowest BCUT2D eigenvalue weighted by molar-refractivity contribution is -0.137. The maximum absolute atomic E-state index is 13.1. The van der Waals surface area contributed by atoms with Crippen molar-refractivity contribution in [2.75, 3.05) is 33.4 Å². The summed E-state index contributed by atoms with van der Waals surface area (Å²) in [5, 5.41) is 2.86. The van der Waals surface area contributed by atoms with Gasteiger partial charge < -0.3 is 15.0 Å². The second-order valence-electron chi connectivity index (χ2n) is 5.28. The Kier molecular flexibility index (Phi) is 8.55. The molecular weight excluding hydrogens is 329 g/mol.